The molecular weight excluding hydrogens is 316 g/mol. The minimum atomic E-state index is -0.0923. The molecule has 0 aromatic carbocycles. The van der Waals surface area contributed by atoms with Crippen LogP contribution in [0.2, 0.25) is 0 Å². The second-order valence-electron chi connectivity index (χ2n) is 5.82. The number of ether oxygens (including phenoxy) is 1. The standard InChI is InChI=1S/C19H22N4O2/c1-3-13-25-16-7-6-11-20-19(16)22-18(24)10-9-15-14(2)21-17-8-4-5-12-23(15)17/h4-8,11-12H,3,9-10,13H2,1-2H3,(H,20,22,24). The molecule has 0 fully saturated rings. The van der Waals surface area contributed by atoms with Gasteiger partial charge in [0, 0.05) is 24.5 Å². The molecule has 0 spiro atoms. The molecule has 0 aliphatic rings. The fourth-order valence-electron chi connectivity index (χ4n) is 2.70. The molecule has 0 saturated heterocycles. The van der Waals surface area contributed by atoms with Gasteiger partial charge < -0.3 is 14.5 Å². The van der Waals surface area contributed by atoms with E-state index in [1.807, 2.05) is 48.7 Å². The Balaban J connectivity index is 1.66. The van der Waals surface area contributed by atoms with Crippen molar-refractivity contribution in [1.82, 2.24) is 14.4 Å². The van der Waals surface area contributed by atoms with Crippen molar-refractivity contribution < 1.29 is 9.53 Å². The van der Waals surface area contributed by atoms with E-state index in [0.717, 1.165) is 23.5 Å². The number of fused-ring (bicyclic) bond motifs is 1. The van der Waals surface area contributed by atoms with Crippen LogP contribution < -0.4 is 10.1 Å². The molecule has 3 aromatic heterocycles. The van der Waals surface area contributed by atoms with Crippen LogP contribution in [-0.2, 0) is 11.2 Å². The smallest absolute Gasteiger partial charge is 0.226 e. The van der Waals surface area contributed by atoms with Crippen LogP contribution >= 0.6 is 0 Å². The number of imidazole rings is 1. The molecule has 6 heteroatoms. The van der Waals surface area contributed by atoms with E-state index < -0.39 is 0 Å². The number of nitrogens with zero attached hydrogens (tertiary/aromatic N) is 3. The SMILES string of the molecule is CCCOc1cccnc1NC(=O)CCc1c(C)nc2ccccn12. The molecule has 0 radical (unpaired) electrons. The summed E-state index contributed by atoms with van der Waals surface area (Å²) in [6.07, 6.45) is 5.48. The quantitative estimate of drug-likeness (QED) is 0.717. The van der Waals surface area contributed by atoms with Crippen molar-refractivity contribution in [2.24, 2.45) is 0 Å². The van der Waals surface area contributed by atoms with Gasteiger partial charge >= 0.3 is 0 Å². The number of hydrogen-bond acceptors (Lipinski definition) is 4. The first-order valence-corrected chi connectivity index (χ1v) is 8.49. The van der Waals surface area contributed by atoms with E-state index >= 15 is 0 Å². The van der Waals surface area contributed by atoms with Crippen molar-refractivity contribution >= 4 is 17.4 Å². The number of rotatable bonds is 7. The average Bonchev–Trinajstić information content (AvgIpc) is 2.94. The molecule has 25 heavy (non-hydrogen) atoms. The second kappa shape index (κ2) is 7.79. The third-order valence-corrected chi connectivity index (χ3v) is 3.91. The summed E-state index contributed by atoms with van der Waals surface area (Å²) in [6, 6.07) is 9.48. The van der Waals surface area contributed by atoms with Crippen molar-refractivity contribution in [1.29, 1.82) is 0 Å². The Labute approximate surface area is 146 Å². The van der Waals surface area contributed by atoms with Gasteiger partial charge in [-0.3, -0.25) is 4.79 Å². The fourth-order valence-corrected chi connectivity index (χ4v) is 2.70. The van der Waals surface area contributed by atoms with Gasteiger partial charge in [0.05, 0.1) is 12.3 Å². The average molecular weight is 338 g/mol. The molecule has 1 amide bonds. The summed E-state index contributed by atoms with van der Waals surface area (Å²) in [4.78, 5) is 21.1. The minimum Gasteiger partial charge on any atom is -0.490 e. The number of amides is 1. The van der Waals surface area contributed by atoms with Crippen LogP contribution in [0, 0.1) is 6.92 Å². The van der Waals surface area contributed by atoms with E-state index in [9.17, 15) is 4.79 Å². The maximum atomic E-state index is 12.3. The molecule has 3 aromatic rings. The molecule has 0 atom stereocenters. The zero-order valence-corrected chi connectivity index (χ0v) is 14.5. The number of anilines is 1. The van der Waals surface area contributed by atoms with Crippen LogP contribution in [0.3, 0.4) is 0 Å². The highest BCUT2D eigenvalue weighted by Crippen LogP contribution is 2.21. The largest absolute Gasteiger partial charge is 0.490 e. The van der Waals surface area contributed by atoms with Gasteiger partial charge in [-0.15, -0.1) is 0 Å². The highest BCUT2D eigenvalue weighted by Gasteiger charge is 2.12. The summed E-state index contributed by atoms with van der Waals surface area (Å²) >= 11 is 0. The predicted octanol–water partition coefficient (Wildman–Crippen LogP) is 3.40. The van der Waals surface area contributed by atoms with Gasteiger partial charge in [0.15, 0.2) is 11.6 Å². The van der Waals surface area contributed by atoms with E-state index in [4.69, 9.17) is 4.74 Å². The Bertz CT molecular complexity index is 873. The summed E-state index contributed by atoms with van der Waals surface area (Å²) in [5.41, 5.74) is 2.90. The zero-order valence-electron chi connectivity index (χ0n) is 14.5. The van der Waals surface area contributed by atoms with Crippen molar-refractivity contribution in [2.45, 2.75) is 33.1 Å². The lowest BCUT2D eigenvalue weighted by Gasteiger charge is -2.10. The van der Waals surface area contributed by atoms with Gasteiger partial charge in [-0.2, -0.15) is 0 Å². The number of aromatic nitrogens is 3. The normalized spacial score (nSPS) is 10.8. The Morgan fingerprint density at radius 3 is 3.00 bits per heavy atom. The van der Waals surface area contributed by atoms with Gasteiger partial charge in [0.1, 0.15) is 5.65 Å². The van der Waals surface area contributed by atoms with Crippen LogP contribution in [0.25, 0.3) is 5.65 Å². The highest BCUT2D eigenvalue weighted by molar-refractivity contribution is 5.91. The lowest BCUT2D eigenvalue weighted by Crippen LogP contribution is -2.15. The number of nitrogens with one attached hydrogen (secondary N) is 1. The fraction of sp³-hybridized carbons (Fsp3) is 0.316. The molecule has 0 aliphatic heterocycles. The van der Waals surface area contributed by atoms with E-state index in [1.165, 1.54) is 0 Å². The lowest BCUT2D eigenvalue weighted by molar-refractivity contribution is -0.116. The van der Waals surface area contributed by atoms with Gasteiger partial charge in [0.2, 0.25) is 5.91 Å². The summed E-state index contributed by atoms with van der Waals surface area (Å²) in [6.45, 7) is 4.60. The Morgan fingerprint density at radius 2 is 2.16 bits per heavy atom. The summed E-state index contributed by atoms with van der Waals surface area (Å²) in [5.74, 6) is 0.977. The Kier molecular flexibility index (Phi) is 5.28. The summed E-state index contributed by atoms with van der Waals surface area (Å²) in [7, 11) is 0. The maximum absolute atomic E-state index is 12.3. The van der Waals surface area contributed by atoms with E-state index in [-0.39, 0.29) is 5.91 Å². The van der Waals surface area contributed by atoms with Crippen LogP contribution in [0.5, 0.6) is 5.75 Å². The molecular formula is C19H22N4O2. The molecule has 1 N–H and O–H groups in total. The summed E-state index contributed by atoms with van der Waals surface area (Å²) < 4.78 is 7.65. The van der Waals surface area contributed by atoms with Gasteiger partial charge in [-0.25, -0.2) is 9.97 Å². The molecule has 0 saturated carbocycles. The highest BCUT2D eigenvalue weighted by atomic mass is 16.5. The van der Waals surface area contributed by atoms with Crippen LogP contribution in [0.4, 0.5) is 5.82 Å². The van der Waals surface area contributed by atoms with E-state index in [2.05, 4.69) is 15.3 Å². The topological polar surface area (TPSA) is 68.5 Å². The second-order valence-corrected chi connectivity index (χ2v) is 5.82. The first-order valence-electron chi connectivity index (χ1n) is 8.49. The summed E-state index contributed by atoms with van der Waals surface area (Å²) in [5, 5.41) is 2.84. The molecule has 0 aliphatic carbocycles. The number of carbonyl (C=O) groups excluding carboxylic acids is 1. The van der Waals surface area contributed by atoms with Crippen molar-refractivity contribution in [3.63, 3.8) is 0 Å². The molecule has 0 bridgehead atoms. The van der Waals surface area contributed by atoms with Crippen molar-refractivity contribution in [3.8, 4) is 5.75 Å². The molecule has 130 valence electrons. The van der Waals surface area contributed by atoms with Crippen LogP contribution in [-0.4, -0.2) is 26.9 Å². The van der Waals surface area contributed by atoms with Crippen LogP contribution in [0.1, 0.15) is 31.2 Å². The molecule has 3 heterocycles. The van der Waals surface area contributed by atoms with Crippen molar-refractivity contribution in [2.75, 3.05) is 11.9 Å². The first kappa shape index (κ1) is 17.0. The van der Waals surface area contributed by atoms with Gasteiger partial charge in [-0.1, -0.05) is 13.0 Å². The Morgan fingerprint density at radius 1 is 1.28 bits per heavy atom. The molecule has 6 nitrogen and oxygen atoms in total. The minimum absolute atomic E-state index is 0.0923. The van der Waals surface area contributed by atoms with E-state index in [1.54, 1.807) is 12.3 Å². The van der Waals surface area contributed by atoms with Crippen LogP contribution in [0.15, 0.2) is 42.7 Å². The number of aryl methyl sites for hydroxylation is 2. The number of carbonyl (C=O) groups is 1. The van der Waals surface area contributed by atoms with Gasteiger partial charge in [0.25, 0.3) is 0 Å². The monoisotopic (exact) mass is 338 g/mol. The zero-order chi connectivity index (χ0) is 17.6. The number of pyridine rings is 2. The first-order chi connectivity index (χ1) is 12.2. The molecule has 3 rings (SSSR count). The maximum Gasteiger partial charge on any atom is 0.226 e. The van der Waals surface area contributed by atoms with Gasteiger partial charge in [-0.05, 0) is 44.0 Å². The third kappa shape index (κ3) is 3.96. The van der Waals surface area contributed by atoms with E-state index in [0.29, 0.717) is 31.0 Å². The lowest BCUT2D eigenvalue weighted by atomic mass is 10.2. The number of hydrogen-bond donors (Lipinski definition) is 1. The third-order valence-electron chi connectivity index (χ3n) is 3.91. The molecule has 0 unspecified atom stereocenters. The predicted molar refractivity (Wildman–Crippen MR) is 96.9 cm³/mol. The van der Waals surface area contributed by atoms with Crippen molar-refractivity contribution in [3.05, 3.63) is 54.1 Å². The Hall–Kier alpha value is -2.89.